The van der Waals surface area contributed by atoms with Crippen LogP contribution in [-0.4, -0.2) is 0 Å². The lowest BCUT2D eigenvalue weighted by Gasteiger charge is -2.14. The Bertz CT molecular complexity index is 583. The normalized spacial score (nSPS) is 10.4. The van der Waals surface area contributed by atoms with Crippen molar-refractivity contribution in [2.24, 2.45) is 0 Å². The third kappa shape index (κ3) is 4.33. The van der Waals surface area contributed by atoms with Gasteiger partial charge in [-0.15, -0.1) is 0 Å². The third-order valence-corrected chi connectivity index (χ3v) is 4.41. The highest BCUT2D eigenvalue weighted by atomic mass is 14.1. The van der Waals surface area contributed by atoms with Gasteiger partial charge in [-0.05, 0) is 72.7 Å². The Morgan fingerprint density at radius 3 is 1.71 bits per heavy atom. The molecule has 0 atom stereocenters. The van der Waals surface area contributed by atoms with Gasteiger partial charge < -0.3 is 0 Å². The average Bonchev–Trinajstić information content (AvgIpc) is 2.47. The molecule has 0 fully saturated rings. The Hall–Kier alpha value is -1.30. The number of hydrogen-bond acceptors (Lipinski definition) is 0. The summed E-state index contributed by atoms with van der Waals surface area (Å²) in [6.45, 7) is 15.5. The molecule has 0 bridgehead atoms. The predicted octanol–water partition coefficient (Wildman–Crippen LogP) is 6.83. The fourth-order valence-electron chi connectivity index (χ4n) is 2.57. The molecule has 0 saturated heterocycles. The Balaban J connectivity index is 0.000000491. The molecule has 0 amide bonds. The lowest BCUT2D eigenvalue weighted by Crippen LogP contribution is -1.95. The van der Waals surface area contributed by atoms with Gasteiger partial charge in [0.2, 0.25) is 0 Å². The van der Waals surface area contributed by atoms with Crippen LogP contribution in [0.25, 0.3) is 10.8 Å². The van der Waals surface area contributed by atoms with E-state index in [1.54, 1.807) is 5.56 Å². The van der Waals surface area contributed by atoms with Crippen LogP contribution in [0.3, 0.4) is 0 Å². The van der Waals surface area contributed by atoms with Crippen LogP contribution in [0.5, 0.6) is 0 Å². The second-order valence-electron chi connectivity index (χ2n) is 6.20. The van der Waals surface area contributed by atoms with E-state index in [1.165, 1.54) is 58.7 Å². The van der Waals surface area contributed by atoms with E-state index in [0.29, 0.717) is 0 Å². The van der Waals surface area contributed by atoms with Gasteiger partial charge in [-0.2, -0.15) is 0 Å². The van der Waals surface area contributed by atoms with E-state index in [4.69, 9.17) is 0 Å². The summed E-state index contributed by atoms with van der Waals surface area (Å²) in [7, 11) is 0. The van der Waals surface area contributed by atoms with Crippen molar-refractivity contribution in [1.82, 2.24) is 0 Å². The van der Waals surface area contributed by atoms with Crippen molar-refractivity contribution in [2.45, 2.75) is 74.1 Å². The summed E-state index contributed by atoms with van der Waals surface area (Å²) in [5, 5.41) is 2.86. The van der Waals surface area contributed by atoms with E-state index in [2.05, 4.69) is 66.7 Å². The van der Waals surface area contributed by atoms with Gasteiger partial charge in [-0.3, -0.25) is 0 Å². The number of benzene rings is 2. The third-order valence-electron chi connectivity index (χ3n) is 4.41. The monoisotopic (exact) mass is 284 g/mol. The lowest BCUT2D eigenvalue weighted by atomic mass is 9.91. The summed E-state index contributed by atoms with van der Waals surface area (Å²) in [4.78, 5) is 0. The maximum Gasteiger partial charge on any atom is -0.0146 e. The van der Waals surface area contributed by atoms with E-state index in [1.807, 2.05) is 0 Å². The van der Waals surface area contributed by atoms with Crippen molar-refractivity contribution < 1.29 is 0 Å². The van der Waals surface area contributed by atoms with E-state index in [-0.39, 0.29) is 0 Å². The molecule has 0 saturated carbocycles. The van der Waals surface area contributed by atoms with E-state index < -0.39 is 0 Å². The molecule has 2 rings (SSSR count). The zero-order valence-electron chi connectivity index (χ0n) is 15.1. The molecular weight excluding hydrogens is 252 g/mol. The molecular formula is C21H32. The molecule has 0 unspecified atom stereocenters. The van der Waals surface area contributed by atoms with Crippen molar-refractivity contribution in [3.63, 3.8) is 0 Å². The first kappa shape index (κ1) is 17.8. The smallest absolute Gasteiger partial charge is 0.0146 e. The molecule has 0 aliphatic carbocycles. The predicted molar refractivity (Wildman–Crippen MR) is 97.5 cm³/mol. The van der Waals surface area contributed by atoms with Crippen LogP contribution in [0, 0.1) is 27.7 Å². The summed E-state index contributed by atoms with van der Waals surface area (Å²) >= 11 is 0. The van der Waals surface area contributed by atoms with Crippen molar-refractivity contribution in [3.05, 3.63) is 46.0 Å². The van der Waals surface area contributed by atoms with Gasteiger partial charge in [0.15, 0.2) is 0 Å². The van der Waals surface area contributed by atoms with E-state index in [0.717, 1.165) is 0 Å². The molecule has 0 aliphatic heterocycles. The van der Waals surface area contributed by atoms with Crippen molar-refractivity contribution in [1.29, 1.82) is 0 Å². The molecule has 0 nitrogen and oxygen atoms in total. The number of fused-ring (bicyclic) bond motifs is 1. The van der Waals surface area contributed by atoms with Crippen LogP contribution in [0.15, 0.2) is 18.2 Å². The average molecular weight is 284 g/mol. The summed E-state index contributed by atoms with van der Waals surface area (Å²) in [6, 6.07) is 7.02. The maximum atomic E-state index is 2.36. The summed E-state index contributed by atoms with van der Waals surface area (Å²) in [5.41, 5.74) is 7.23. The fraction of sp³-hybridized carbons (Fsp3) is 0.524. The lowest BCUT2D eigenvalue weighted by molar-refractivity contribution is 0.886. The van der Waals surface area contributed by atoms with Crippen LogP contribution in [0.1, 0.15) is 67.9 Å². The Morgan fingerprint density at radius 1 is 0.667 bits per heavy atom. The molecule has 2 aromatic rings. The van der Waals surface area contributed by atoms with Gasteiger partial charge >= 0.3 is 0 Å². The molecule has 21 heavy (non-hydrogen) atoms. The zero-order chi connectivity index (χ0) is 16.0. The Labute approximate surface area is 131 Å². The maximum absolute atomic E-state index is 2.36. The minimum Gasteiger partial charge on any atom is -0.0654 e. The molecule has 0 aromatic heterocycles. The standard InChI is InChI=1S/C17H22.C4H10/c1-6-7-16-14(5)13(4)9-15-8-11(2)12(3)10-17(15)16;1-3-4-2/h8-10H,6-7H2,1-5H3;3-4H2,1-2H3. The van der Waals surface area contributed by atoms with Gasteiger partial charge in [-0.1, -0.05) is 58.2 Å². The van der Waals surface area contributed by atoms with Crippen LogP contribution in [0.2, 0.25) is 0 Å². The number of aryl methyl sites for hydroxylation is 4. The van der Waals surface area contributed by atoms with Crippen molar-refractivity contribution in [3.8, 4) is 0 Å². The first-order valence-corrected chi connectivity index (χ1v) is 8.46. The van der Waals surface area contributed by atoms with Gasteiger partial charge in [0.1, 0.15) is 0 Å². The minimum atomic E-state index is 1.19. The second kappa shape index (κ2) is 8.22. The van der Waals surface area contributed by atoms with E-state index >= 15 is 0 Å². The minimum absolute atomic E-state index is 1.19. The summed E-state index contributed by atoms with van der Waals surface area (Å²) < 4.78 is 0. The molecule has 2 aromatic carbocycles. The molecule has 0 spiro atoms. The molecule has 0 N–H and O–H groups in total. The number of hydrogen-bond donors (Lipinski definition) is 0. The highest BCUT2D eigenvalue weighted by Crippen LogP contribution is 2.28. The summed E-state index contributed by atoms with van der Waals surface area (Å²) in [5.74, 6) is 0. The van der Waals surface area contributed by atoms with Crippen LogP contribution in [0.4, 0.5) is 0 Å². The topological polar surface area (TPSA) is 0 Å². The van der Waals surface area contributed by atoms with Crippen LogP contribution in [-0.2, 0) is 6.42 Å². The van der Waals surface area contributed by atoms with Gasteiger partial charge in [0.25, 0.3) is 0 Å². The zero-order valence-corrected chi connectivity index (χ0v) is 15.1. The second-order valence-corrected chi connectivity index (χ2v) is 6.20. The first-order chi connectivity index (χ1) is 9.96. The van der Waals surface area contributed by atoms with Crippen molar-refractivity contribution >= 4 is 10.8 Å². The summed E-state index contributed by atoms with van der Waals surface area (Å²) in [6.07, 6.45) is 5.04. The fourth-order valence-corrected chi connectivity index (χ4v) is 2.57. The number of rotatable bonds is 3. The molecule has 0 aliphatic rings. The van der Waals surface area contributed by atoms with Crippen LogP contribution >= 0.6 is 0 Å². The quantitative estimate of drug-likeness (QED) is 0.579. The van der Waals surface area contributed by atoms with Gasteiger partial charge in [-0.25, -0.2) is 0 Å². The van der Waals surface area contributed by atoms with Crippen molar-refractivity contribution in [2.75, 3.05) is 0 Å². The first-order valence-electron chi connectivity index (χ1n) is 8.46. The largest absolute Gasteiger partial charge is 0.0654 e. The van der Waals surface area contributed by atoms with Crippen LogP contribution < -0.4 is 0 Å². The molecule has 0 heteroatoms. The SMILES string of the molecule is CCCC.CCCc1c(C)c(C)cc2cc(C)c(C)cc12. The Kier molecular flexibility index (Phi) is 6.95. The molecule has 116 valence electrons. The highest BCUT2D eigenvalue weighted by Gasteiger charge is 2.08. The van der Waals surface area contributed by atoms with E-state index in [9.17, 15) is 0 Å². The highest BCUT2D eigenvalue weighted by molar-refractivity contribution is 5.89. The molecule has 0 heterocycles. The van der Waals surface area contributed by atoms with Gasteiger partial charge in [0.05, 0.1) is 0 Å². The molecule has 0 radical (unpaired) electrons. The Morgan fingerprint density at radius 2 is 1.19 bits per heavy atom. The van der Waals surface area contributed by atoms with Gasteiger partial charge in [0, 0.05) is 0 Å². The number of unbranched alkanes of at least 4 members (excludes halogenated alkanes) is 1.